The summed E-state index contributed by atoms with van der Waals surface area (Å²) in [6.07, 6.45) is 0. The van der Waals surface area contributed by atoms with Crippen molar-refractivity contribution in [2.24, 2.45) is 0 Å². The summed E-state index contributed by atoms with van der Waals surface area (Å²) >= 11 is 3.32. The lowest BCUT2D eigenvalue weighted by Crippen LogP contribution is -2.33. The molecule has 0 radical (unpaired) electrons. The lowest BCUT2D eigenvalue weighted by molar-refractivity contribution is -0.157. The van der Waals surface area contributed by atoms with Crippen molar-refractivity contribution in [2.45, 2.75) is 6.54 Å². The first-order chi connectivity index (χ1) is 7.54. The van der Waals surface area contributed by atoms with Crippen molar-refractivity contribution < 1.29 is 14.3 Å². The Balaban J connectivity index is 2.64. The smallest absolute Gasteiger partial charge is 0.396 e. The summed E-state index contributed by atoms with van der Waals surface area (Å²) in [5.74, 6) is -1.50. The molecule has 0 unspecified atom stereocenters. The van der Waals surface area contributed by atoms with Gasteiger partial charge >= 0.3 is 11.9 Å². The Hall–Kier alpha value is -1.36. The van der Waals surface area contributed by atoms with Gasteiger partial charge in [0.15, 0.2) is 0 Å². The van der Waals surface area contributed by atoms with Gasteiger partial charge in [-0.2, -0.15) is 0 Å². The molecule has 0 saturated heterocycles. The summed E-state index contributed by atoms with van der Waals surface area (Å²) < 4.78 is 5.32. The molecule has 86 valence electrons. The topological polar surface area (TPSA) is 46.6 Å². The number of rotatable bonds is 2. The SMILES string of the molecule is COC(=O)C(=O)N(C)Cc1ccc(Br)cc1. The second-order valence-electron chi connectivity index (χ2n) is 3.28. The molecular weight excluding hydrogens is 274 g/mol. The van der Waals surface area contributed by atoms with Crippen LogP contribution in [0.1, 0.15) is 5.56 Å². The third kappa shape index (κ3) is 3.34. The largest absolute Gasteiger partial charge is 0.462 e. The highest BCUT2D eigenvalue weighted by molar-refractivity contribution is 9.10. The number of nitrogens with zero attached hydrogens (tertiary/aromatic N) is 1. The molecule has 1 aromatic rings. The van der Waals surface area contributed by atoms with Crippen LogP contribution in [-0.2, 0) is 20.9 Å². The zero-order valence-corrected chi connectivity index (χ0v) is 10.7. The average Bonchev–Trinajstić information content (AvgIpc) is 2.30. The molecule has 1 amide bonds. The number of hydrogen-bond acceptors (Lipinski definition) is 3. The van der Waals surface area contributed by atoms with Crippen molar-refractivity contribution in [3.8, 4) is 0 Å². The van der Waals surface area contributed by atoms with Crippen LogP contribution in [0.25, 0.3) is 0 Å². The first-order valence-corrected chi connectivity index (χ1v) is 5.41. The van der Waals surface area contributed by atoms with E-state index in [1.165, 1.54) is 12.0 Å². The molecule has 1 rings (SSSR count). The number of carbonyl (C=O) groups excluding carboxylic acids is 2. The maximum atomic E-state index is 11.4. The van der Waals surface area contributed by atoms with Gasteiger partial charge in [0.05, 0.1) is 7.11 Å². The Morgan fingerprint density at radius 2 is 1.88 bits per heavy atom. The molecule has 0 spiro atoms. The third-order valence-corrected chi connectivity index (χ3v) is 2.57. The second kappa shape index (κ2) is 5.65. The second-order valence-corrected chi connectivity index (χ2v) is 4.19. The van der Waals surface area contributed by atoms with E-state index in [0.717, 1.165) is 10.0 Å². The summed E-state index contributed by atoms with van der Waals surface area (Å²) in [4.78, 5) is 23.7. The van der Waals surface area contributed by atoms with Crippen molar-refractivity contribution in [1.82, 2.24) is 4.90 Å². The highest BCUT2D eigenvalue weighted by Crippen LogP contribution is 2.11. The minimum Gasteiger partial charge on any atom is -0.462 e. The zero-order valence-electron chi connectivity index (χ0n) is 9.07. The van der Waals surface area contributed by atoms with Crippen LogP contribution in [0.5, 0.6) is 0 Å². The highest BCUT2D eigenvalue weighted by atomic mass is 79.9. The average molecular weight is 286 g/mol. The summed E-state index contributed by atoms with van der Waals surface area (Å²) in [5.41, 5.74) is 0.947. The molecule has 0 aliphatic heterocycles. The summed E-state index contributed by atoms with van der Waals surface area (Å²) in [6, 6.07) is 7.52. The molecule has 0 N–H and O–H groups in total. The number of carbonyl (C=O) groups is 2. The molecule has 0 bridgehead atoms. The summed E-state index contributed by atoms with van der Waals surface area (Å²) in [7, 11) is 2.75. The van der Waals surface area contributed by atoms with Gasteiger partial charge in [-0.05, 0) is 17.7 Å². The van der Waals surface area contributed by atoms with Crippen molar-refractivity contribution in [1.29, 1.82) is 0 Å². The van der Waals surface area contributed by atoms with Crippen LogP contribution in [0.4, 0.5) is 0 Å². The summed E-state index contributed by atoms with van der Waals surface area (Å²) in [5, 5.41) is 0. The van der Waals surface area contributed by atoms with Crippen LogP contribution < -0.4 is 0 Å². The van der Waals surface area contributed by atoms with Crippen LogP contribution in [0.2, 0.25) is 0 Å². The van der Waals surface area contributed by atoms with Crippen LogP contribution in [0.3, 0.4) is 0 Å². The van der Waals surface area contributed by atoms with E-state index in [1.807, 2.05) is 24.3 Å². The predicted octanol–water partition coefficient (Wildman–Crippen LogP) is 1.58. The van der Waals surface area contributed by atoms with E-state index in [2.05, 4.69) is 20.7 Å². The van der Waals surface area contributed by atoms with Gasteiger partial charge in [-0.1, -0.05) is 28.1 Å². The minimum atomic E-state index is -0.848. The number of halogens is 1. The standard InChI is InChI=1S/C11H12BrNO3/c1-13(10(14)11(15)16-2)7-8-3-5-9(12)6-4-8/h3-6H,7H2,1-2H3. The normalized spacial score (nSPS) is 9.69. The van der Waals surface area contributed by atoms with Crippen LogP contribution in [-0.4, -0.2) is 30.9 Å². The number of esters is 1. The predicted molar refractivity (Wildman–Crippen MR) is 62.6 cm³/mol. The van der Waals surface area contributed by atoms with Gasteiger partial charge < -0.3 is 9.64 Å². The van der Waals surface area contributed by atoms with E-state index in [9.17, 15) is 9.59 Å². The quantitative estimate of drug-likeness (QED) is 0.612. The van der Waals surface area contributed by atoms with E-state index >= 15 is 0 Å². The molecule has 1 aromatic carbocycles. The molecule has 0 atom stereocenters. The third-order valence-electron chi connectivity index (χ3n) is 2.04. The fourth-order valence-electron chi connectivity index (χ4n) is 1.18. The zero-order chi connectivity index (χ0) is 12.1. The minimum absolute atomic E-state index is 0.376. The van der Waals surface area contributed by atoms with Crippen LogP contribution in [0, 0.1) is 0 Å². The Kier molecular flexibility index (Phi) is 4.49. The summed E-state index contributed by atoms with van der Waals surface area (Å²) in [6.45, 7) is 0.376. The van der Waals surface area contributed by atoms with E-state index in [1.54, 1.807) is 7.05 Å². The van der Waals surface area contributed by atoms with Crippen molar-refractivity contribution >= 4 is 27.8 Å². The van der Waals surface area contributed by atoms with Gasteiger partial charge in [0.1, 0.15) is 0 Å². The number of benzene rings is 1. The Morgan fingerprint density at radius 1 is 1.31 bits per heavy atom. The van der Waals surface area contributed by atoms with E-state index in [0.29, 0.717) is 6.54 Å². The van der Waals surface area contributed by atoms with Crippen LogP contribution >= 0.6 is 15.9 Å². The fraction of sp³-hybridized carbons (Fsp3) is 0.273. The Labute approximate surface area is 102 Å². The van der Waals surface area contributed by atoms with Crippen molar-refractivity contribution in [3.63, 3.8) is 0 Å². The van der Waals surface area contributed by atoms with Crippen molar-refractivity contribution in [3.05, 3.63) is 34.3 Å². The monoisotopic (exact) mass is 285 g/mol. The van der Waals surface area contributed by atoms with E-state index < -0.39 is 11.9 Å². The van der Waals surface area contributed by atoms with Crippen molar-refractivity contribution in [2.75, 3.05) is 14.2 Å². The van der Waals surface area contributed by atoms with Gasteiger partial charge in [-0.3, -0.25) is 4.79 Å². The first-order valence-electron chi connectivity index (χ1n) is 4.62. The number of hydrogen-bond donors (Lipinski definition) is 0. The van der Waals surface area contributed by atoms with Gasteiger partial charge in [0.2, 0.25) is 0 Å². The molecule has 16 heavy (non-hydrogen) atoms. The Bertz CT molecular complexity index is 389. The molecule has 5 heteroatoms. The van der Waals surface area contributed by atoms with Gasteiger partial charge in [0, 0.05) is 18.1 Å². The number of likely N-dealkylation sites (N-methyl/N-ethyl adjacent to an activating group) is 1. The van der Waals surface area contributed by atoms with Gasteiger partial charge in [0.25, 0.3) is 0 Å². The molecule has 0 saturated carbocycles. The van der Waals surface area contributed by atoms with E-state index in [4.69, 9.17) is 0 Å². The first kappa shape index (κ1) is 12.7. The lowest BCUT2D eigenvalue weighted by atomic mass is 10.2. The number of ether oxygens (including phenoxy) is 1. The molecule has 0 aliphatic carbocycles. The highest BCUT2D eigenvalue weighted by Gasteiger charge is 2.18. The molecule has 0 aliphatic rings. The molecule has 0 aromatic heterocycles. The van der Waals surface area contributed by atoms with E-state index in [-0.39, 0.29) is 0 Å². The molecule has 4 nitrogen and oxygen atoms in total. The van der Waals surface area contributed by atoms with Crippen LogP contribution in [0.15, 0.2) is 28.7 Å². The molecule has 0 fully saturated rings. The lowest BCUT2D eigenvalue weighted by Gasteiger charge is -2.15. The maximum Gasteiger partial charge on any atom is 0.396 e. The van der Waals surface area contributed by atoms with Gasteiger partial charge in [-0.25, -0.2) is 4.79 Å². The molecule has 0 heterocycles. The van der Waals surface area contributed by atoms with Gasteiger partial charge in [-0.15, -0.1) is 0 Å². The molecular formula is C11H12BrNO3. The number of methoxy groups -OCH3 is 1. The number of amides is 1. The maximum absolute atomic E-state index is 11.4. The Morgan fingerprint density at radius 3 is 2.38 bits per heavy atom. The fourth-order valence-corrected chi connectivity index (χ4v) is 1.44.